The SMILES string of the molecule is CCCN[C@H](NC(=O)OCc1ccccc1)[C@H](C(=O)OCC)N(Cc1cccc(C)c1)C(=O)OC(C)(C)C. The minimum absolute atomic E-state index is 0.0519. The number of amides is 2. The van der Waals surface area contributed by atoms with Crippen molar-refractivity contribution in [3.63, 3.8) is 0 Å². The van der Waals surface area contributed by atoms with Crippen LogP contribution in [0.4, 0.5) is 9.59 Å². The molecule has 0 saturated carbocycles. The summed E-state index contributed by atoms with van der Waals surface area (Å²) in [5.74, 6) is -0.678. The molecule has 2 rings (SSSR count). The minimum Gasteiger partial charge on any atom is -0.464 e. The Labute approximate surface area is 225 Å². The molecule has 38 heavy (non-hydrogen) atoms. The number of esters is 1. The second-order valence-corrected chi connectivity index (χ2v) is 9.93. The summed E-state index contributed by atoms with van der Waals surface area (Å²) in [4.78, 5) is 41.0. The molecule has 0 aromatic heterocycles. The van der Waals surface area contributed by atoms with Crippen molar-refractivity contribution < 1.29 is 28.6 Å². The Morgan fingerprint density at radius 3 is 2.24 bits per heavy atom. The van der Waals surface area contributed by atoms with Crippen molar-refractivity contribution in [3.05, 3.63) is 71.3 Å². The molecule has 0 fully saturated rings. The van der Waals surface area contributed by atoms with E-state index in [1.807, 2.05) is 68.4 Å². The monoisotopic (exact) mass is 527 g/mol. The van der Waals surface area contributed by atoms with Gasteiger partial charge in [-0.3, -0.25) is 10.2 Å². The van der Waals surface area contributed by atoms with Gasteiger partial charge in [-0.15, -0.1) is 0 Å². The van der Waals surface area contributed by atoms with E-state index in [1.165, 1.54) is 4.90 Å². The van der Waals surface area contributed by atoms with Gasteiger partial charge in [0.15, 0.2) is 6.04 Å². The number of carbonyl (C=O) groups excluding carboxylic acids is 3. The molecule has 0 unspecified atom stereocenters. The molecule has 9 heteroatoms. The van der Waals surface area contributed by atoms with Crippen LogP contribution in [0, 0.1) is 6.92 Å². The number of nitrogens with one attached hydrogen (secondary N) is 2. The van der Waals surface area contributed by atoms with E-state index in [9.17, 15) is 14.4 Å². The highest BCUT2D eigenvalue weighted by Crippen LogP contribution is 2.19. The molecule has 2 N–H and O–H groups in total. The third-order valence-corrected chi connectivity index (χ3v) is 5.34. The average molecular weight is 528 g/mol. The van der Waals surface area contributed by atoms with Crippen molar-refractivity contribution in [2.24, 2.45) is 0 Å². The van der Waals surface area contributed by atoms with Gasteiger partial charge < -0.3 is 19.5 Å². The normalized spacial score (nSPS) is 12.7. The first-order valence-corrected chi connectivity index (χ1v) is 13.0. The summed E-state index contributed by atoms with van der Waals surface area (Å²) in [6, 6.07) is 15.6. The summed E-state index contributed by atoms with van der Waals surface area (Å²) in [7, 11) is 0. The molecule has 0 bridgehead atoms. The van der Waals surface area contributed by atoms with E-state index in [-0.39, 0.29) is 19.8 Å². The number of rotatable bonds is 12. The largest absolute Gasteiger partial charge is 0.464 e. The standard InChI is InChI=1S/C29H41N3O6/c1-7-17-30-25(31-27(34)37-20-22-14-10-9-11-15-22)24(26(33)36-8-2)32(28(35)38-29(4,5)6)19-23-16-12-13-21(3)18-23/h9-16,18,24-25,30H,7-8,17,19-20H2,1-6H3,(H,31,34)/t24-,25-/m1/s1. The van der Waals surface area contributed by atoms with Crippen LogP contribution in [0.15, 0.2) is 54.6 Å². The smallest absolute Gasteiger partial charge is 0.411 e. The fourth-order valence-electron chi connectivity index (χ4n) is 3.71. The number of hydrogen-bond donors (Lipinski definition) is 2. The number of ether oxygens (including phenoxy) is 3. The summed E-state index contributed by atoms with van der Waals surface area (Å²) in [6.07, 6.45) is -1.73. The molecule has 208 valence electrons. The highest BCUT2D eigenvalue weighted by Gasteiger charge is 2.40. The first-order valence-electron chi connectivity index (χ1n) is 13.0. The number of carbonyl (C=O) groups is 3. The van der Waals surface area contributed by atoms with Crippen molar-refractivity contribution in [2.75, 3.05) is 13.2 Å². The van der Waals surface area contributed by atoms with Gasteiger partial charge in [-0.1, -0.05) is 67.1 Å². The van der Waals surface area contributed by atoms with E-state index >= 15 is 0 Å². The molecule has 9 nitrogen and oxygen atoms in total. The Balaban J connectivity index is 2.42. The summed E-state index contributed by atoms with van der Waals surface area (Å²) in [5, 5.41) is 5.91. The third-order valence-electron chi connectivity index (χ3n) is 5.34. The zero-order valence-electron chi connectivity index (χ0n) is 23.3. The van der Waals surface area contributed by atoms with Gasteiger partial charge in [0.05, 0.1) is 13.2 Å². The van der Waals surface area contributed by atoms with Crippen LogP contribution in [-0.4, -0.2) is 54.0 Å². The zero-order valence-corrected chi connectivity index (χ0v) is 23.3. The van der Waals surface area contributed by atoms with Crippen molar-refractivity contribution in [1.29, 1.82) is 0 Å². The number of nitrogens with zero attached hydrogens (tertiary/aromatic N) is 1. The van der Waals surface area contributed by atoms with Gasteiger partial charge in [0.1, 0.15) is 18.4 Å². The van der Waals surface area contributed by atoms with E-state index < -0.39 is 36.0 Å². The molecular formula is C29H41N3O6. The fourth-order valence-corrected chi connectivity index (χ4v) is 3.71. The van der Waals surface area contributed by atoms with Crippen LogP contribution in [0.5, 0.6) is 0 Å². The van der Waals surface area contributed by atoms with E-state index in [1.54, 1.807) is 27.7 Å². The molecular weight excluding hydrogens is 486 g/mol. The van der Waals surface area contributed by atoms with Crippen LogP contribution in [0.2, 0.25) is 0 Å². The van der Waals surface area contributed by atoms with Gasteiger partial charge in [0.25, 0.3) is 0 Å². The van der Waals surface area contributed by atoms with Crippen molar-refractivity contribution >= 4 is 18.2 Å². The predicted molar refractivity (Wildman–Crippen MR) is 145 cm³/mol. The lowest BCUT2D eigenvalue weighted by molar-refractivity contribution is -0.151. The topological polar surface area (TPSA) is 106 Å². The minimum atomic E-state index is -1.24. The third kappa shape index (κ3) is 10.4. The Morgan fingerprint density at radius 1 is 0.947 bits per heavy atom. The number of benzene rings is 2. The molecule has 0 radical (unpaired) electrons. The van der Waals surface area contributed by atoms with Crippen LogP contribution in [0.25, 0.3) is 0 Å². The molecule has 0 saturated heterocycles. The molecule has 0 aliphatic carbocycles. The van der Waals surface area contributed by atoms with Gasteiger partial charge in [-0.25, -0.2) is 14.4 Å². The summed E-state index contributed by atoms with van der Waals surface area (Å²) >= 11 is 0. The lowest BCUT2D eigenvalue weighted by Gasteiger charge is -2.36. The molecule has 0 aliphatic rings. The van der Waals surface area contributed by atoms with Crippen molar-refractivity contribution in [2.45, 2.75) is 78.9 Å². The maximum Gasteiger partial charge on any atom is 0.411 e. The maximum atomic E-state index is 13.5. The summed E-state index contributed by atoms with van der Waals surface area (Å²) in [5.41, 5.74) is 1.81. The van der Waals surface area contributed by atoms with Gasteiger partial charge in [-0.05, 0) is 58.7 Å². The predicted octanol–water partition coefficient (Wildman–Crippen LogP) is 4.92. The molecule has 2 aromatic carbocycles. The van der Waals surface area contributed by atoms with Crippen molar-refractivity contribution in [1.82, 2.24) is 15.5 Å². The molecule has 2 atom stereocenters. The van der Waals surface area contributed by atoms with Crippen LogP contribution in [0.3, 0.4) is 0 Å². The lowest BCUT2D eigenvalue weighted by atomic mass is 10.1. The maximum absolute atomic E-state index is 13.5. The molecule has 0 aliphatic heterocycles. The second-order valence-electron chi connectivity index (χ2n) is 9.93. The highest BCUT2D eigenvalue weighted by molar-refractivity contribution is 5.83. The Bertz CT molecular complexity index is 1040. The lowest BCUT2D eigenvalue weighted by Crippen LogP contribution is -2.63. The fraction of sp³-hybridized carbons (Fsp3) is 0.483. The Kier molecular flexibility index (Phi) is 12.1. The Hall–Kier alpha value is -3.59. The van der Waals surface area contributed by atoms with Gasteiger partial charge in [0, 0.05) is 0 Å². The molecule has 0 spiro atoms. The van der Waals surface area contributed by atoms with E-state index in [0.717, 1.165) is 23.1 Å². The van der Waals surface area contributed by atoms with Crippen LogP contribution < -0.4 is 10.6 Å². The quantitative estimate of drug-likeness (QED) is 0.229. The number of hydrogen-bond acceptors (Lipinski definition) is 7. The van der Waals surface area contributed by atoms with Gasteiger partial charge in [-0.2, -0.15) is 0 Å². The van der Waals surface area contributed by atoms with Crippen molar-refractivity contribution in [3.8, 4) is 0 Å². The van der Waals surface area contributed by atoms with E-state index in [0.29, 0.717) is 6.54 Å². The first kappa shape index (κ1) is 30.6. The number of aryl methyl sites for hydroxylation is 1. The summed E-state index contributed by atoms with van der Waals surface area (Å²) in [6.45, 7) is 11.5. The highest BCUT2D eigenvalue weighted by atomic mass is 16.6. The zero-order chi connectivity index (χ0) is 28.1. The molecule has 2 amide bonds. The van der Waals surface area contributed by atoms with Crippen LogP contribution in [0.1, 0.15) is 57.7 Å². The Morgan fingerprint density at radius 2 is 1.63 bits per heavy atom. The van der Waals surface area contributed by atoms with Crippen LogP contribution >= 0.6 is 0 Å². The van der Waals surface area contributed by atoms with Gasteiger partial charge >= 0.3 is 18.2 Å². The second kappa shape index (κ2) is 15.0. The first-order chi connectivity index (χ1) is 18.0. The van der Waals surface area contributed by atoms with E-state index in [4.69, 9.17) is 14.2 Å². The number of alkyl carbamates (subject to hydrolysis) is 1. The molecule has 0 heterocycles. The average Bonchev–Trinajstić information content (AvgIpc) is 2.85. The summed E-state index contributed by atoms with van der Waals surface area (Å²) < 4.78 is 16.5. The van der Waals surface area contributed by atoms with E-state index in [2.05, 4.69) is 10.6 Å². The van der Waals surface area contributed by atoms with Crippen LogP contribution in [-0.2, 0) is 32.2 Å². The molecule has 2 aromatic rings. The van der Waals surface area contributed by atoms with Gasteiger partial charge in [0.2, 0.25) is 0 Å².